The van der Waals surface area contributed by atoms with E-state index in [-0.39, 0.29) is 19.1 Å². The van der Waals surface area contributed by atoms with Gasteiger partial charge in [0.2, 0.25) is 5.91 Å². The van der Waals surface area contributed by atoms with Gasteiger partial charge in [0, 0.05) is 6.42 Å². The second-order valence-electron chi connectivity index (χ2n) is 22.8. The molecule has 0 aromatic heterocycles. The molecule has 1 amide bonds. The molecule has 3 N–H and O–H groups in total. The average Bonchev–Trinajstić information content (AvgIpc) is 3.42. The summed E-state index contributed by atoms with van der Waals surface area (Å²) in [5, 5.41) is 14.0. The van der Waals surface area contributed by atoms with Crippen LogP contribution in [0.4, 0.5) is 0 Å². The fourth-order valence-corrected chi connectivity index (χ4v) is 9.57. The molecule has 0 aromatic rings. The van der Waals surface area contributed by atoms with E-state index in [1.165, 1.54) is 122 Å². The normalized spacial score (nSPS) is 14.6. The van der Waals surface area contributed by atoms with Gasteiger partial charge in [0.25, 0.3) is 0 Å². The van der Waals surface area contributed by atoms with Gasteiger partial charge < -0.3 is 19.8 Å². The first-order valence-electron chi connectivity index (χ1n) is 32.6. The van der Waals surface area contributed by atoms with Gasteiger partial charge in [-0.05, 0) is 96.3 Å². The number of hydrogen-bond donors (Lipinski definition) is 3. The van der Waals surface area contributed by atoms with Gasteiger partial charge in [-0.3, -0.25) is 13.8 Å². The van der Waals surface area contributed by atoms with Gasteiger partial charge in [0.1, 0.15) is 13.2 Å². The number of aliphatic hydroxyl groups is 1. The second kappa shape index (κ2) is 60.2. The number of hydrogen-bond acceptors (Lipinski definition) is 5. The van der Waals surface area contributed by atoms with Gasteiger partial charge in [-0.25, -0.2) is 4.57 Å². The summed E-state index contributed by atoms with van der Waals surface area (Å²) in [6.45, 7) is 4.70. The average molecular weight is 1130 g/mol. The minimum atomic E-state index is -4.36. The summed E-state index contributed by atoms with van der Waals surface area (Å²) in [5.41, 5.74) is 0. The highest BCUT2D eigenvalue weighted by molar-refractivity contribution is 7.47. The highest BCUT2D eigenvalue weighted by Crippen LogP contribution is 2.43. The van der Waals surface area contributed by atoms with Crippen LogP contribution in [0.2, 0.25) is 0 Å². The molecular formula is C71H124N2O6P+. The van der Waals surface area contributed by atoms with Crippen LogP contribution in [-0.4, -0.2) is 73.4 Å². The number of carbonyl (C=O) groups excluding carboxylic acids is 1. The third-order valence-corrected chi connectivity index (χ3v) is 14.9. The van der Waals surface area contributed by atoms with Gasteiger partial charge in [-0.1, -0.05) is 289 Å². The SMILES string of the molecule is CC/C=C\C/C=C\C/C=C\C/C=C\C/C=C\C/C=C\C/C=C\C/C=C\C/C=C\C/C=C\CCCCCCCCCCC(=O)NC(COP(=O)(O)OCC[N+](C)(C)C)C(O)/C=C/CCCCCCCCCCCCCCCCCCC. The van der Waals surface area contributed by atoms with Crippen molar-refractivity contribution in [1.82, 2.24) is 5.32 Å². The van der Waals surface area contributed by atoms with E-state index >= 15 is 0 Å². The molecule has 0 radical (unpaired) electrons. The summed E-state index contributed by atoms with van der Waals surface area (Å²) in [5.74, 6) is -0.189. The van der Waals surface area contributed by atoms with Gasteiger partial charge in [0.05, 0.1) is 39.9 Å². The maximum absolute atomic E-state index is 13.0. The molecule has 0 saturated heterocycles. The van der Waals surface area contributed by atoms with Crippen LogP contribution < -0.4 is 5.32 Å². The monoisotopic (exact) mass is 1130 g/mol. The number of phosphoric acid groups is 1. The second-order valence-corrected chi connectivity index (χ2v) is 24.2. The van der Waals surface area contributed by atoms with E-state index in [1.54, 1.807) is 6.08 Å². The molecule has 3 unspecified atom stereocenters. The number of nitrogens with zero attached hydrogens (tertiary/aromatic N) is 1. The zero-order valence-corrected chi connectivity index (χ0v) is 53.2. The fourth-order valence-electron chi connectivity index (χ4n) is 8.84. The quantitative estimate of drug-likeness (QED) is 0.0243. The summed E-state index contributed by atoms with van der Waals surface area (Å²) in [6.07, 6.45) is 91.4. The molecule has 0 rings (SSSR count). The van der Waals surface area contributed by atoms with Crippen molar-refractivity contribution in [1.29, 1.82) is 0 Å². The molecule has 8 nitrogen and oxygen atoms in total. The zero-order chi connectivity index (χ0) is 58.4. The number of nitrogens with one attached hydrogen (secondary N) is 1. The van der Waals surface area contributed by atoms with E-state index in [2.05, 4.69) is 141 Å². The van der Waals surface area contributed by atoms with Crippen molar-refractivity contribution in [2.24, 2.45) is 0 Å². The number of allylic oxidation sites excluding steroid dienone is 21. The van der Waals surface area contributed by atoms with Crippen LogP contribution in [0.25, 0.3) is 0 Å². The topological polar surface area (TPSA) is 105 Å². The minimum Gasteiger partial charge on any atom is -0.387 e. The van der Waals surface area contributed by atoms with E-state index in [4.69, 9.17) is 9.05 Å². The Kier molecular flexibility index (Phi) is 57.7. The summed E-state index contributed by atoms with van der Waals surface area (Å²) < 4.78 is 23.8. The van der Waals surface area contributed by atoms with Crippen molar-refractivity contribution in [3.05, 3.63) is 134 Å². The molecule has 0 aliphatic heterocycles. The number of unbranched alkanes of at least 4 members (excludes halogenated alkanes) is 25. The number of aliphatic hydroxyl groups excluding tert-OH is 1. The molecule has 80 heavy (non-hydrogen) atoms. The van der Waals surface area contributed by atoms with E-state index in [9.17, 15) is 19.4 Å². The number of likely N-dealkylation sites (N-methyl/N-ethyl adjacent to an activating group) is 1. The highest BCUT2D eigenvalue weighted by Gasteiger charge is 2.27. The van der Waals surface area contributed by atoms with E-state index in [0.29, 0.717) is 17.4 Å². The van der Waals surface area contributed by atoms with Crippen molar-refractivity contribution < 1.29 is 32.9 Å². The molecule has 0 saturated carbocycles. The van der Waals surface area contributed by atoms with Gasteiger partial charge in [0.15, 0.2) is 0 Å². The number of quaternary nitrogens is 1. The van der Waals surface area contributed by atoms with E-state index in [1.807, 2.05) is 27.2 Å². The third-order valence-electron chi connectivity index (χ3n) is 13.9. The summed E-state index contributed by atoms with van der Waals surface area (Å²) in [6, 6.07) is -0.861. The Morgan fingerprint density at radius 2 is 0.750 bits per heavy atom. The lowest BCUT2D eigenvalue weighted by atomic mass is 10.0. The van der Waals surface area contributed by atoms with Crippen molar-refractivity contribution in [3.63, 3.8) is 0 Å². The molecule has 0 aromatic carbocycles. The molecule has 458 valence electrons. The van der Waals surface area contributed by atoms with Crippen molar-refractivity contribution in [2.75, 3.05) is 40.9 Å². The molecule has 9 heteroatoms. The Morgan fingerprint density at radius 3 is 1.10 bits per heavy atom. The Balaban J connectivity index is 4.16. The van der Waals surface area contributed by atoms with Gasteiger partial charge >= 0.3 is 7.82 Å². The molecule has 0 spiro atoms. The first kappa shape index (κ1) is 76.6. The predicted octanol–water partition coefficient (Wildman–Crippen LogP) is 20.7. The zero-order valence-electron chi connectivity index (χ0n) is 52.3. The van der Waals surface area contributed by atoms with Crippen LogP contribution in [0.5, 0.6) is 0 Å². The Hall–Kier alpha value is -3.36. The summed E-state index contributed by atoms with van der Waals surface area (Å²) >= 11 is 0. The molecular weight excluding hydrogens is 1010 g/mol. The third kappa shape index (κ3) is 62.2. The molecule has 0 aliphatic carbocycles. The molecule has 0 fully saturated rings. The van der Waals surface area contributed by atoms with Gasteiger partial charge in [-0.2, -0.15) is 0 Å². The van der Waals surface area contributed by atoms with Gasteiger partial charge in [-0.15, -0.1) is 0 Å². The molecule has 0 heterocycles. The standard InChI is InChI=1S/C71H123N2O6P/c1-6-8-10-12-14-16-18-20-22-24-26-27-28-29-30-31-32-33-34-35-36-37-38-39-40-41-42-43-44-45-47-49-51-53-55-57-59-61-63-65-71(75)72-69(68-79-80(76,77)78-67-66-73(3,4)5)70(74)64-62-60-58-56-54-52-50-48-46-25-23-21-19-17-15-13-11-9-7-2/h8,10,14,16,20,22,26-27,29-30,32-33,35-36,38-39,41-42,44-45,62,64,69-70,74H,6-7,9,11-13,15,17-19,21,23-25,28,31,34,37,40,43,46-61,63,65-68H2,1-5H3,(H-,72,75,76,77)/p+1/b10-8-,16-14-,22-20-,27-26-,30-29-,33-32-,36-35-,39-38-,42-41-,45-44-,64-62+. The highest BCUT2D eigenvalue weighted by atomic mass is 31.2. The predicted molar refractivity (Wildman–Crippen MR) is 350 cm³/mol. The minimum absolute atomic E-state index is 0.0538. The van der Waals surface area contributed by atoms with E-state index < -0.39 is 20.0 Å². The van der Waals surface area contributed by atoms with Crippen LogP contribution in [-0.2, 0) is 18.4 Å². The van der Waals surface area contributed by atoms with Crippen LogP contribution >= 0.6 is 7.82 Å². The number of rotatable bonds is 58. The van der Waals surface area contributed by atoms with Crippen molar-refractivity contribution in [3.8, 4) is 0 Å². The smallest absolute Gasteiger partial charge is 0.387 e. The molecule has 3 atom stereocenters. The lowest BCUT2D eigenvalue weighted by molar-refractivity contribution is -0.870. The van der Waals surface area contributed by atoms with Crippen molar-refractivity contribution in [2.45, 2.75) is 270 Å². The lowest BCUT2D eigenvalue weighted by Gasteiger charge is -2.25. The first-order chi connectivity index (χ1) is 39.0. The summed E-state index contributed by atoms with van der Waals surface area (Å²) in [7, 11) is 1.55. The fraction of sp³-hybridized carbons (Fsp3) is 0.676. The lowest BCUT2D eigenvalue weighted by Crippen LogP contribution is -2.45. The van der Waals surface area contributed by atoms with Crippen molar-refractivity contribution >= 4 is 13.7 Å². The Morgan fingerprint density at radius 1 is 0.438 bits per heavy atom. The number of phosphoric ester groups is 1. The largest absolute Gasteiger partial charge is 0.472 e. The number of carbonyl (C=O) groups is 1. The Bertz CT molecular complexity index is 1760. The van der Waals surface area contributed by atoms with Crippen LogP contribution in [0.3, 0.4) is 0 Å². The van der Waals surface area contributed by atoms with Crippen LogP contribution in [0, 0.1) is 0 Å². The van der Waals surface area contributed by atoms with E-state index in [0.717, 1.165) is 116 Å². The van der Waals surface area contributed by atoms with Crippen LogP contribution in [0.1, 0.15) is 258 Å². The number of amides is 1. The molecule has 0 aliphatic rings. The van der Waals surface area contributed by atoms with Crippen LogP contribution in [0.15, 0.2) is 134 Å². The maximum atomic E-state index is 13.0. The summed E-state index contributed by atoms with van der Waals surface area (Å²) in [4.78, 5) is 23.4. The molecule has 0 bridgehead atoms. The Labute approximate surface area is 494 Å². The first-order valence-corrected chi connectivity index (χ1v) is 34.1. The maximum Gasteiger partial charge on any atom is 0.472 e.